The van der Waals surface area contributed by atoms with Crippen LogP contribution >= 0.6 is 0 Å². The number of hydrogen-bond acceptors (Lipinski definition) is 4. The van der Waals surface area contributed by atoms with Crippen molar-refractivity contribution in [2.75, 3.05) is 21.3 Å². The van der Waals surface area contributed by atoms with E-state index in [1.165, 1.54) is 0 Å². The number of benzene rings is 2. The molecule has 2 aromatic carbocycles. The predicted octanol–water partition coefficient (Wildman–Crippen LogP) is 3.48. The lowest BCUT2D eigenvalue weighted by atomic mass is 9.99. The summed E-state index contributed by atoms with van der Waals surface area (Å²) < 4.78 is 21.9. The van der Waals surface area contributed by atoms with E-state index in [4.69, 9.17) is 18.9 Å². The molecule has 4 heteroatoms. The zero-order valence-electron chi connectivity index (χ0n) is 12.3. The first kappa shape index (κ1) is 13.6. The van der Waals surface area contributed by atoms with Crippen LogP contribution in [0.4, 0.5) is 0 Å². The highest BCUT2D eigenvalue weighted by molar-refractivity contribution is 5.80. The van der Waals surface area contributed by atoms with Gasteiger partial charge in [0.2, 0.25) is 0 Å². The van der Waals surface area contributed by atoms with Crippen molar-refractivity contribution >= 4 is 0 Å². The molecule has 1 aliphatic rings. The number of rotatable bonds is 4. The van der Waals surface area contributed by atoms with Crippen LogP contribution in [0.3, 0.4) is 0 Å². The lowest BCUT2D eigenvalue weighted by Crippen LogP contribution is -1.94. The van der Waals surface area contributed by atoms with E-state index in [1.807, 2.05) is 30.3 Å². The van der Waals surface area contributed by atoms with Gasteiger partial charge in [0, 0.05) is 23.1 Å². The minimum atomic E-state index is 0.766. The molecule has 109 valence electrons. The number of methoxy groups -OCH3 is 3. The Labute approximate surface area is 124 Å². The van der Waals surface area contributed by atoms with Crippen LogP contribution in [0.1, 0.15) is 5.56 Å². The van der Waals surface area contributed by atoms with Crippen molar-refractivity contribution in [3.63, 3.8) is 0 Å². The lowest BCUT2D eigenvalue weighted by Gasteiger charge is -2.14. The second kappa shape index (κ2) is 5.56. The first-order valence-corrected chi connectivity index (χ1v) is 6.68. The normalized spacial score (nSPS) is 12.5. The lowest BCUT2D eigenvalue weighted by molar-refractivity contribution is 0.403. The Hall–Kier alpha value is -2.36. The Morgan fingerprint density at radius 1 is 0.857 bits per heavy atom. The summed E-state index contributed by atoms with van der Waals surface area (Å²) in [6, 6.07) is 9.65. The summed E-state index contributed by atoms with van der Waals surface area (Å²) in [5.41, 5.74) is 2.96. The molecule has 2 aromatic rings. The highest BCUT2D eigenvalue weighted by Crippen LogP contribution is 2.45. The van der Waals surface area contributed by atoms with Gasteiger partial charge in [0.15, 0.2) is 0 Å². The van der Waals surface area contributed by atoms with E-state index in [1.54, 1.807) is 27.9 Å². The van der Waals surface area contributed by atoms with E-state index in [0.29, 0.717) is 0 Å². The second-order valence-electron chi connectivity index (χ2n) is 4.72. The summed E-state index contributed by atoms with van der Waals surface area (Å²) >= 11 is 0. The summed E-state index contributed by atoms with van der Waals surface area (Å²) in [6.45, 7) is 1.79. The van der Waals surface area contributed by atoms with E-state index in [-0.39, 0.29) is 0 Å². The van der Waals surface area contributed by atoms with E-state index in [9.17, 15) is 0 Å². The van der Waals surface area contributed by atoms with Crippen molar-refractivity contribution in [1.29, 1.82) is 0 Å². The van der Waals surface area contributed by atoms with Crippen molar-refractivity contribution in [3.05, 3.63) is 42.5 Å². The summed E-state index contributed by atoms with van der Waals surface area (Å²) in [4.78, 5) is 0. The zero-order chi connectivity index (χ0) is 14.8. The maximum atomic E-state index is 5.68. The molecule has 0 amide bonds. The van der Waals surface area contributed by atoms with Crippen LogP contribution in [-0.4, -0.2) is 21.3 Å². The Balaban J connectivity index is 2.22. The molecule has 0 fully saturated rings. The van der Waals surface area contributed by atoms with E-state index < -0.39 is 0 Å². The molecule has 0 aliphatic carbocycles. The van der Waals surface area contributed by atoms with E-state index >= 15 is 0 Å². The monoisotopic (exact) mass is 285 g/mol. The summed E-state index contributed by atoms with van der Waals surface area (Å²) in [5, 5.41) is 0. The first-order valence-electron chi connectivity index (χ1n) is 6.68. The molecular weight excluding hydrogens is 268 g/mol. The topological polar surface area (TPSA) is 36.9 Å². The molecule has 21 heavy (non-hydrogen) atoms. The molecule has 0 saturated heterocycles. The van der Waals surface area contributed by atoms with Crippen molar-refractivity contribution in [3.8, 4) is 34.1 Å². The molecule has 1 heterocycles. The number of hydrogen-bond donors (Lipinski definition) is 0. The maximum Gasteiger partial charge on any atom is 0.140 e. The van der Waals surface area contributed by atoms with Crippen LogP contribution in [-0.2, 0) is 6.42 Å². The van der Waals surface area contributed by atoms with Gasteiger partial charge in [-0.15, -0.1) is 0 Å². The SMILES string of the molecule is COc1ccc(OC)c(-c2cc(OC)cc3c2O[CH]C3)c1. The Morgan fingerprint density at radius 3 is 2.33 bits per heavy atom. The van der Waals surface area contributed by atoms with Gasteiger partial charge in [0.25, 0.3) is 0 Å². The fourth-order valence-corrected chi connectivity index (χ4v) is 2.51. The quantitative estimate of drug-likeness (QED) is 0.862. The fraction of sp³-hybridized carbons (Fsp3) is 0.235. The van der Waals surface area contributed by atoms with Crippen LogP contribution in [0.5, 0.6) is 23.0 Å². The summed E-state index contributed by atoms with van der Waals surface area (Å²) in [6.07, 6.45) is 0.770. The molecule has 0 N–H and O–H groups in total. The largest absolute Gasteiger partial charge is 0.497 e. The standard InChI is InChI=1S/C17H17O4/c1-18-12-4-5-16(20-3)14(9-12)15-10-13(19-2)8-11-6-7-21-17(11)15/h4-5,7-10H,6H2,1-3H3. The van der Waals surface area contributed by atoms with Gasteiger partial charge in [0.1, 0.15) is 29.6 Å². The van der Waals surface area contributed by atoms with Gasteiger partial charge in [0.05, 0.1) is 21.3 Å². The Morgan fingerprint density at radius 2 is 1.62 bits per heavy atom. The van der Waals surface area contributed by atoms with Crippen LogP contribution in [0, 0.1) is 6.61 Å². The van der Waals surface area contributed by atoms with Gasteiger partial charge in [-0.3, -0.25) is 0 Å². The molecular formula is C17H17O4. The van der Waals surface area contributed by atoms with Gasteiger partial charge in [-0.2, -0.15) is 0 Å². The van der Waals surface area contributed by atoms with E-state index in [0.717, 1.165) is 46.1 Å². The Bertz CT molecular complexity index is 664. The highest BCUT2D eigenvalue weighted by atomic mass is 16.5. The van der Waals surface area contributed by atoms with E-state index in [2.05, 4.69) is 0 Å². The minimum Gasteiger partial charge on any atom is -0.497 e. The molecule has 4 nitrogen and oxygen atoms in total. The third-order valence-corrected chi connectivity index (χ3v) is 3.58. The molecule has 0 atom stereocenters. The average Bonchev–Trinajstić information content (AvgIpc) is 3.01. The van der Waals surface area contributed by atoms with Gasteiger partial charge < -0.3 is 18.9 Å². The molecule has 1 radical (unpaired) electrons. The first-order chi connectivity index (χ1) is 10.3. The van der Waals surface area contributed by atoms with Gasteiger partial charge in [-0.1, -0.05) is 0 Å². The second-order valence-corrected chi connectivity index (χ2v) is 4.72. The van der Waals surface area contributed by atoms with Crippen molar-refractivity contribution in [2.45, 2.75) is 6.42 Å². The van der Waals surface area contributed by atoms with Crippen LogP contribution in [0.15, 0.2) is 30.3 Å². The van der Waals surface area contributed by atoms with Gasteiger partial charge >= 0.3 is 0 Å². The molecule has 0 aromatic heterocycles. The highest BCUT2D eigenvalue weighted by Gasteiger charge is 2.22. The summed E-state index contributed by atoms with van der Waals surface area (Å²) in [5.74, 6) is 3.18. The van der Waals surface area contributed by atoms with Crippen molar-refractivity contribution in [1.82, 2.24) is 0 Å². The predicted molar refractivity (Wildman–Crippen MR) is 80.2 cm³/mol. The third kappa shape index (κ3) is 2.37. The van der Waals surface area contributed by atoms with Crippen LogP contribution in [0.25, 0.3) is 11.1 Å². The molecule has 3 rings (SSSR count). The smallest absolute Gasteiger partial charge is 0.140 e. The van der Waals surface area contributed by atoms with Crippen molar-refractivity contribution in [2.24, 2.45) is 0 Å². The molecule has 0 unspecified atom stereocenters. The molecule has 1 aliphatic heterocycles. The zero-order valence-corrected chi connectivity index (χ0v) is 12.3. The van der Waals surface area contributed by atoms with Crippen LogP contribution < -0.4 is 18.9 Å². The van der Waals surface area contributed by atoms with Gasteiger partial charge in [-0.05, 0) is 30.3 Å². The maximum absolute atomic E-state index is 5.68. The van der Waals surface area contributed by atoms with Crippen LogP contribution in [0.2, 0.25) is 0 Å². The third-order valence-electron chi connectivity index (χ3n) is 3.58. The minimum absolute atomic E-state index is 0.766. The average molecular weight is 285 g/mol. The Kier molecular flexibility index (Phi) is 3.60. The van der Waals surface area contributed by atoms with Crippen molar-refractivity contribution < 1.29 is 18.9 Å². The fourth-order valence-electron chi connectivity index (χ4n) is 2.51. The number of fused-ring (bicyclic) bond motifs is 1. The molecule has 0 bridgehead atoms. The number of ether oxygens (including phenoxy) is 4. The molecule has 0 spiro atoms. The van der Waals surface area contributed by atoms with Gasteiger partial charge in [-0.25, -0.2) is 0 Å². The molecule has 0 saturated carbocycles. The summed E-state index contributed by atoms with van der Waals surface area (Å²) in [7, 11) is 4.96.